The van der Waals surface area contributed by atoms with Crippen LogP contribution in [0.2, 0.25) is 5.02 Å². The summed E-state index contributed by atoms with van der Waals surface area (Å²) in [6.07, 6.45) is 0.689. The second-order valence-corrected chi connectivity index (χ2v) is 5.55. The highest BCUT2D eigenvalue weighted by atomic mass is 35.5. The number of likely N-dealkylation sites (tertiary alicyclic amines) is 1. The summed E-state index contributed by atoms with van der Waals surface area (Å²) in [5.41, 5.74) is 6.16. The molecular formula is C12H13ClN2O2S. The normalized spacial score (nSPS) is 15.5. The molecule has 1 aliphatic rings. The first-order chi connectivity index (χ1) is 8.58. The number of hydrogen-bond acceptors (Lipinski definition) is 4. The number of nitrogens with two attached hydrogens (primary N) is 1. The van der Waals surface area contributed by atoms with E-state index in [0.717, 1.165) is 4.90 Å². The maximum absolute atomic E-state index is 11.4. The van der Waals surface area contributed by atoms with E-state index >= 15 is 0 Å². The zero-order valence-corrected chi connectivity index (χ0v) is 11.3. The minimum atomic E-state index is -0.0732. The number of imide groups is 1. The summed E-state index contributed by atoms with van der Waals surface area (Å²) in [6, 6.07) is 5.41. The Morgan fingerprint density at radius 3 is 2.56 bits per heavy atom. The third-order valence-electron chi connectivity index (χ3n) is 2.71. The molecule has 0 radical (unpaired) electrons. The van der Waals surface area contributed by atoms with Crippen LogP contribution in [0.25, 0.3) is 0 Å². The predicted octanol–water partition coefficient (Wildman–Crippen LogP) is 2.16. The van der Waals surface area contributed by atoms with Crippen LogP contribution in [0, 0.1) is 0 Å². The van der Waals surface area contributed by atoms with Gasteiger partial charge in [0.15, 0.2) is 0 Å². The molecular weight excluding hydrogens is 272 g/mol. The predicted molar refractivity (Wildman–Crippen MR) is 72.5 cm³/mol. The number of amides is 2. The molecule has 18 heavy (non-hydrogen) atoms. The third kappa shape index (κ3) is 2.97. The van der Waals surface area contributed by atoms with Crippen molar-refractivity contribution in [2.75, 3.05) is 18.0 Å². The summed E-state index contributed by atoms with van der Waals surface area (Å²) in [5.74, 6) is 0.518. The summed E-state index contributed by atoms with van der Waals surface area (Å²) in [7, 11) is 0. The maximum atomic E-state index is 11.4. The Balaban J connectivity index is 1.86. The first kappa shape index (κ1) is 13.2. The molecule has 1 fully saturated rings. The largest absolute Gasteiger partial charge is 0.398 e. The number of halogens is 1. The summed E-state index contributed by atoms with van der Waals surface area (Å²) in [4.78, 5) is 25.1. The molecule has 2 amide bonds. The van der Waals surface area contributed by atoms with Crippen molar-refractivity contribution in [1.82, 2.24) is 4.90 Å². The first-order valence-electron chi connectivity index (χ1n) is 5.59. The van der Waals surface area contributed by atoms with Crippen molar-refractivity contribution in [3.63, 3.8) is 0 Å². The third-order valence-corrected chi connectivity index (χ3v) is 4.01. The van der Waals surface area contributed by atoms with Gasteiger partial charge in [-0.2, -0.15) is 0 Å². The maximum Gasteiger partial charge on any atom is 0.229 e. The van der Waals surface area contributed by atoms with Crippen LogP contribution < -0.4 is 5.73 Å². The van der Waals surface area contributed by atoms with Gasteiger partial charge in [-0.25, -0.2) is 0 Å². The van der Waals surface area contributed by atoms with E-state index in [1.165, 1.54) is 4.90 Å². The van der Waals surface area contributed by atoms with Crippen molar-refractivity contribution in [2.45, 2.75) is 17.7 Å². The SMILES string of the molecule is Nc1ccc(SCCN2C(=O)CCC2=O)cc1Cl. The first-order valence-corrected chi connectivity index (χ1v) is 6.95. The summed E-state index contributed by atoms with van der Waals surface area (Å²) < 4.78 is 0. The average molecular weight is 285 g/mol. The topological polar surface area (TPSA) is 63.4 Å². The molecule has 0 aliphatic carbocycles. The highest BCUT2D eigenvalue weighted by Gasteiger charge is 2.27. The molecule has 0 unspecified atom stereocenters. The van der Waals surface area contributed by atoms with Gasteiger partial charge in [0.05, 0.1) is 10.7 Å². The van der Waals surface area contributed by atoms with Crippen molar-refractivity contribution in [1.29, 1.82) is 0 Å². The van der Waals surface area contributed by atoms with Crippen molar-refractivity contribution in [2.24, 2.45) is 0 Å². The Morgan fingerprint density at radius 1 is 1.28 bits per heavy atom. The number of benzene rings is 1. The van der Waals surface area contributed by atoms with E-state index < -0.39 is 0 Å². The monoisotopic (exact) mass is 284 g/mol. The number of hydrogen-bond donors (Lipinski definition) is 1. The van der Waals surface area contributed by atoms with Gasteiger partial charge < -0.3 is 5.73 Å². The summed E-state index contributed by atoms with van der Waals surface area (Å²) in [5, 5.41) is 0.522. The van der Waals surface area contributed by atoms with Crippen LogP contribution in [0.5, 0.6) is 0 Å². The van der Waals surface area contributed by atoms with E-state index in [1.54, 1.807) is 23.9 Å². The minimum Gasteiger partial charge on any atom is -0.398 e. The van der Waals surface area contributed by atoms with Crippen LogP contribution in [0.1, 0.15) is 12.8 Å². The Bertz CT molecular complexity index is 477. The lowest BCUT2D eigenvalue weighted by Crippen LogP contribution is -2.31. The lowest BCUT2D eigenvalue weighted by molar-refractivity contribution is -0.137. The highest BCUT2D eigenvalue weighted by Crippen LogP contribution is 2.26. The van der Waals surface area contributed by atoms with E-state index in [4.69, 9.17) is 17.3 Å². The van der Waals surface area contributed by atoms with Gasteiger partial charge in [0.25, 0.3) is 0 Å². The van der Waals surface area contributed by atoms with Gasteiger partial charge in [-0.15, -0.1) is 11.8 Å². The molecule has 2 rings (SSSR count). The van der Waals surface area contributed by atoms with Gasteiger partial charge in [-0.1, -0.05) is 11.6 Å². The number of nitrogens with zero attached hydrogens (tertiary/aromatic N) is 1. The number of carbonyl (C=O) groups excluding carboxylic acids is 2. The molecule has 0 bridgehead atoms. The summed E-state index contributed by atoms with van der Waals surface area (Å²) >= 11 is 7.46. The van der Waals surface area contributed by atoms with Gasteiger partial charge >= 0.3 is 0 Å². The van der Waals surface area contributed by atoms with Crippen molar-refractivity contribution < 1.29 is 9.59 Å². The van der Waals surface area contributed by atoms with Gasteiger partial charge in [0, 0.05) is 30.0 Å². The molecule has 6 heteroatoms. The summed E-state index contributed by atoms with van der Waals surface area (Å²) in [6.45, 7) is 0.449. The quantitative estimate of drug-likeness (QED) is 0.523. The Kier molecular flexibility index (Phi) is 4.14. The molecule has 1 heterocycles. The molecule has 0 aromatic heterocycles. The number of rotatable bonds is 4. The van der Waals surface area contributed by atoms with E-state index in [-0.39, 0.29) is 11.8 Å². The van der Waals surface area contributed by atoms with E-state index in [2.05, 4.69) is 0 Å². The lowest BCUT2D eigenvalue weighted by Gasteiger charge is -2.13. The molecule has 0 spiro atoms. The molecule has 0 atom stereocenters. The molecule has 96 valence electrons. The molecule has 1 saturated heterocycles. The molecule has 1 aromatic carbocycles. The van der Waals surface area contributed by atoms with E-state index in [9.17, 15) is 9.59 Å². The number of anilines is 1. The lowest BCUT2D eigenvalue weighted by atomic mass is 10.3. The molecule has 0 saturated carbocycles. The molecule has 2 N–H and O–H groups in total. The van der Waals surface area contributed by atoms with E-state index in [1.807, 2.05) is 6.07 Å². The van der Waals surface area contributed by atoms with Gasteiger partial charge in [-0.3, -0.25) is 14.5 Å². The van der Waals surface area contributed by atoms with Crippen molar-refractivity contribution in [3.05, 3.63) is 23.2 Å². The van der Waals surface area contributed by atoms with Gasteiger partial charge in [0.1, 0.15) is 0 Å². The fraction of sp³-hybridized carbons (Fsp3) is 0.333. The zero-order valence-electron chi connectivity index (χ0n) is 9.69. The van der Waals surface area contributed by atoms with E-state index in [0.29, 0.717) is 35.8 Å². The highest BCUT2D eigenvalue weighted by molar-refractivity contribution is 7.99. The Labute approximate surface area is 114 Å². The van der Waals surface area contributed by atoms with Crippen LogP contribution in [-0.4, -0.2) is 29.0 Å². The van der Waals surface area contributed by atoms with Crippen molar-refractivity contribution in [3.8, 4) is 0 Å². The Morgan fingerprint density at radius 2 is 1.94 bits per heavy atom. The molecule has 4 nitrogen and oxygen atoms in total. The molecule has 1 aliphatic heterocycles. The second-order valence-electron chi connectivity index (χ2n) is 3.97. The zero-order chi connectivity index (χ0) is 13.1. The van der Waals surface area contributed by atoms with Gasteiger partial charge in [-0.05, 0) is 18.2 Å². The number of nitrogen functional groups attached to an aromatic ring is 1. The van der Waals surface area contributed by atoms with Crippen LogP contribution in [0.15, 0.2) is 23.1 Å². The molecule has 1 aromatic rings. The minimum absolute atomic E-state index is 0.0732. The Hall–Kier alpha value is -1.20. The van der Waals surface area contributed by atoms with Gasteiger partial charge in [0.2, 0.25) is 11.8 Å². The smallest absolute Gasteiger partial charge is 0.229 e. The van der Waals surface area contributed by atoms with Crippen molar-refractivity contribution >= 4 is 40.9 Å². The standard InChI is InChI=1S/C12H13ClN2O2S/c13-9-7-8(1-2-10(9)14)18-6-5-15-11(16)3-4-12(15)17/h1-2,7H,3-6,14H2. The van der Waals surface area contributed by atoms with Crippen LogP contribution in [0.3, 0.4) is 0 Å². The number of carbonyl (C=O) groups is 2. The van der Waals surface area contributed by atoms with Crippen LogP contribution in [0.4, 0.5) is 5.69 Å². The fourth-order valence-corrected chi connectivity index (χ4v) is 2.84. The second kappa shape index (κ2) is 5.63. The average Bonchev–Trinajstić information content (AvgIpc) is 2.65. The fourth-order valence-electron chi connectivity index (χ4n) is 1.72. The van der Waals surface area contributed by atoms with Crippen LogP contribution >= 0.6 is 23.4 Å². The van der Waals surface area contributed by atoms with Crippen LogP contribution in [-0.2, 0) is 9.59 Å². The number of thioether (sulfide) groups is 1.